The van der Waals surface area contributed by atoms with E-state index in [4.69, 9.17) is 46.8 Å². The number of esters is 1. The molecule has 0 aromatic rings. The third-order valence-corrected chi connectivity index (χ3v) is 11.4. The molecule has 1 aliphatic heterocycles. The van der Waals surface area contributed by atoms with E-state index >= 15 is 0 Å². The first kappa shape index (κ1) is 60.9. The molecule has 0 atom stereocenters. The van der Waals surface area contributed by atoms with Crippen molar-refractivity contribution in [2.75, 3.05) is 72.6 Å². The van der Waals surface area contributed by atoms with Gasteiger partial charge >= 0.3 is 5.97 Å². The van der Waals surface area contributed by atoms with Crippen LogP contribution in [-0.2, 0) is 23.9 Å². The van der Waals surface area contributed by atoms with E-state index in [0.717, 1.165) is 95.3 Å². The van der Waals surface area contributed by atoms with Gasteiger partial charge in [-0.3, -0.25) is 4.79 Å². The van der Waals surface area contributed by atoms with Crippen molar-refractivity contribution in [1.82, 2.24) is 5.32 Å². The molecule has 0 aromatic carbocycles. The van der Waals surface area contributed by atoms with E-state index in [9.17, 15) is 14.4 Å². The number of hydrogen-bond donors (Lipinski definition) is 9. The molecule has 0 unspecified atom stereocenters. The summed E-state index contributed by atoms with van der Waals surface area (Å²) in [5, 5.41) is 51.9. The number of nitrogens with two attached hydrogens (primary N) is 2. The predicted octanol–water partition coefficient (Wildman–Crippen LogP) is 3.98. The van der Waals surface area contributed by atoms with Crippen LogP contribution in [0, 0.1) is 17.8 Å². The Morgan fingerprint density at radius 1 is 0.705 bits per heavy atom. The quantitative estimate of drug-likeness (QED) is 0.0408. The van der Waals surface area contributed by atoms with Crippen molar-refractivity contribution in [2.24, 2.45) is 39.2 Å². The molecule has 4 aliphatic rings. The molecule has 0 bridgehead atoms. The van der Waals surface area contributed by atoms with Crippen LogP contribution in [0.5, 0.6) is 0 Å². The van der Waals surface area contributed by atoms with Crippen molar-refractivity contribution in [3.05, 3.63) is 0 Å². The molecule has 3 aliphatic carbocycles. The van der Waals surface area contributed by atoms with Gasteiger partial charge in [0.1, 0.15) is 0 Å². The number of nitrogens with one attached hydrogen (secondary N) is 1. The van der Waals surface area contributed by atoms with Crippen molar-refractivity contribution < 1.29 is 54.5 Å². The van der Waals surface area contributed by atoms with E-state index in [0.29, 0.717) is 45.2 Å². The summed E-state index contributed by atoms with van der Waals surface area (Å²) in [5.41, 5.74) is 12.2. The van der Waals surface area contributed by atoms with E-state index in [1.165, 1.54) is 44.9 Å². The molecule has 0 spiro atoms. The fourth-order valence-electron chi connectivity index (χ4n) is 7.56. The van der Waals surface area contributed by atoms with Gasteiger partial charge in [0.2, 0.25) is 12.2 Å². The molecule has 4 fully saturated rings. The van der Waals surface area contributed by atoms with E-state index < -0.39 is 0 Å². The van der Waals surface area contributed by atoms with Gasteiger partial charge < -0.3 is 56.9 Å². The van der Waals surface area contributed by atoms with Gasteiger partial charge in [-0.15, -0.1) is 0 Å². The van der Waals surface area contributed by atoms with Crippen molar-refractivity contribution in [1.29, 1.82) is 0 Å². The molecule has 61 heavy (non-hydrogen) atoms. The van der Waals surface area contributed by atoms with Crippen LogP contribution in [-0.4, -0.2) is 144 Å². The highest BCUT2D eigenvalue weighted by atomic mass is 16.5. The van der Waals surface area contributed by atoms with Crippen LogP contribution in [0.1, 0.15) is 156 Å². The number of aliphatic hydroxyl groups excluding tert-OH is 6. The largest absolute Gasteiger partial charge is 0.466 e. The van der Waals surface area contributed by atoms with Gasteiger partial charge in [-0.1, -0.05) is 12.8 Å². The van der Waals surface area contributed by atoms with Crippen molar-refractivity contribution in [3.63, 3.8) is 0 Å². The summed E-state index contributed by atoms with van der Waals surface area (Å²) in [6.45, 7) is 9.71. The van der Waals surface area contributed by atoms with Crippen LogP contribution in [0.25, 0.3) is 0 Å². The highest BCUT2D eigenvalue weighted by molar-refractivity contribution is 5.69. The lowest BCUT2D eigenvalue weighted by atomic mass is 9.71. The molecule has 0 radical (unpaired) electrons. The number of unbranched alkanes of at least 4 members (excludes halogenated alkanes) is 3. The number of nitrogens with zero attached hydrogens (tertiary/aromatic N) is 2. The Labute approximate surface area is 367 Å². The molecular formula is C45H89N5O11. The maximum Gasteiger partial charge on any atom is 0.305 e. The Balaban J connectivity index is 0. The minimum absolute atomic E-state index is 0.0174. The average molecular weight is 876 g/mol. The zero-order valence-corrected chi connectivity index (χ0v) is 38.3. The average Bonchev–Trinajstić information content (AvgIpc) is 3.49. The predicted molar refractivity (Wildman–Crippen MR) is 239 cm³/mol. The molecule has 11 N–H and O–H groups in total. The minimum atomic E-state index is -0.0255. The summed E-state index contributed by atoms with van der Waals surface area (Å²) >= 11 is 0. The van der Waals surface area contributed by atoms with Crippen molar-refractivity contribution in [2.45, 2.75) is 179 Å². The summed E-state index contributed by atoms with van der Waals surface area (Å²) < 4.78 is 9.40. The Kier molecular flexibility index (Phi) is 41.8. The summed E-state index contributed by atoms with van der Waals surface area (Å²) in [4.78, 5) is 38.6. The van der Waals surface area contributed by atoms with Gasteiger partial charge in [-0.05, 0) is 154 Å². The third-order valence-electron chi connectivity index (χ3n) is 11.4. The monoisotopic (exact) mass is 876 g/mol. The molecule has 0 aromatic heterocycles. The molecule has 1 saturated heterocycles. The van der Waals surface area contributed by atoms with Crippen LogP contribution in [0.15, 0.2) is 9.98 Å². The van der Waals surface area contributed by atoms with E-state index in [1.807, 2.05) is 0 Å². The van der Waals surface area contributed by atoms with Gasteiger partial charge in [0.15, 0.2) is 0 Å². The third kappa shape index (κ3) is 39.2. The topological polar surface area (TPSA) is 280 Å². The van der Waals surface area contributed by atoms with Gasteiger partial charge in [0.05, 0.1) is 58.3 Å². The number of carbonyl (C=O) groups is 1. The fraction of sp³-hybridized carbons (Fsp3) is 0.933. The van der Waals surface area contributed by atoms with Crippen LogP contribution in [0.4, 0.5) is 0 Å². The number of ether oxygens (including phenoxy) is 2. The Morgan fingerprint density at radius 2 is 1.16 bits per heavy atom. The summed E-state index contributed by atoms with van der Waals surface area (Å²) in [6, 6.07) is 0.456. The first-order chi connectivity index (χ1) is 29.3. The molecular weight excluding hydrogens is 787 g/mol. The lowest BCUT2D eigenvalue weighted by molar-refractivity contribution is -0.142. The number of hydrogen-bond acceptors (Lipinski definition) is 16. The Bertz CT molecular complexity index is 1010. The van der Waals surface area contributed by atoms with Gasteiger partial charge in [-0.2, -0.15) is 0 Å². The fourth-order valence-corrected chi connectivity index (χ4v) is 7.56. The number of aliphatic hydroxyl groups is 6. The standard InChI is InChI=1S/C15H22N2O2.C10H22N2.C6H10O2.C6H14O2.C4H11NO2.C4H10O3/c18-10-16-14-5-1-12(2-6-14)9-13-3-7-15(8-4-13)17-11-19;1-9(2,11)8-4-6-10(3,12)7-5-8;7-6-4-2-1-3-5-8-6;7-5-3-1-2-4-6-8;6-3-1-5-2-4-7;5-1-3-7-4-2-6/h12-15H,1-9H2;8H,4-7,11-12H2,1-3H3;1-5H2;7-8H,1-6H2;5-7H,1-4H2;5-6H,1-4H2. The number of carbonyl (C=O) groups excluding carboxylic acids is 3. The second-order valence-electron chi connectivity index (χ2n) is 17.4. The molecule has 16 heteroatoms. The number of cyclic esters (lactones) is 1. The minimum Gasteiger partial charge on any atom is -0.466 e. The van der Waals surface area contributed by atoms with Gasteiger partial charge in [0.25, 0.3) is 0 Å². The lowest BCUT2D eigenvalue weighted by Crippen LogP contribution is -2.48. The summed E-state index contributed by atoms with van der Waals surface area (Å²) in [6.07, 6.45) is 25.9. The molecule has 0 amide bonds. The zero-order valence-electron chi connectivity index (χ0n) is 38.3. The van der Waals surface area contributed by atoms with E-state index in [-0.39, 0.29) is 68.8 Å². The number of aliphatic imine (C=N–C) groups is 2. The molecule has 4 rings (SSSR count). The highest BCUT2D eigenvalue weighted by Crippen LogP contribution is 2.37. The number of isocyanates is 2. The van der Waals surface area contributed by atoms with Crippen molar-refractivity contribution >= 4 is 18.1 Å². The number of rotatable bonds is 18. The molecule has 16 nitrogen and oxygen atoms in total. The van der Waals surface area contributed by atoms with E-state index in [2.05, 4.69) is 40.8 Å². The maximum absolute atomic E-state index is 10.5. The van der Waals surface area contributed by atoms with Crippen LogP contribution in [0.3, 0.4) is 0 Å². The first-order valence-electron chi connectivity index (χ1n) is 23.1. The first-order valence-corrected chi connectivity index (χ1v) is 23.1. The van der Waals surface area contributed by atoms with Crippen LogP contribution in [0.2, 0.25) is 0 Å². The second kappa shape index (κ2) is 41.8. The van der Waals surface area contributed by atoms with Crippen LogP contribution >= 0.6 is 0 Å². The zero-order chi connectivity index (χ0) is 46.0. The van der Waals surface area contributed by atoms with Crippen molar-refractivity contribution in [3.8, 4) is 0 Å². The molecule has 360 valence electrons. The Morgan fingerprint density at radius 3 is 1.54 bits per heavy atom. The van der Waals surface area contributed by atoms with E-state index in [1.54, 1.807) is 12.2 Å². The SMILES string of the molecule is CC1(N)CCC(C(C)(C)N)CC1.O=C1CCCCCO1.O=C=NC1CCC(CC2CCC(N=C=O)CC2)CC1.OCCCCCCO.OCCNCCO.OCCOCCO. The van der Waals surface area contributed by atoms with Gasteiger partial charge in [-0.25, -0.2) is 19.6 Å². The molecule has 1 heterocycles. The maximum atomic E-state index is 10.5. The molecule has 3 saturated carbocycles. The summed E-state index contributed by atoms with van der Waals surface area (Å²) in [5.74, 6) is 2.24. The van der Waals surface area contributed by atoms with Crippen LogP contribution < -0.4 is 16.8 Å². The Hall–Kier alpha value is -2.17. The second-order valence-corrected chi connectivity index (χ2v) is 17.4. The highest BCUT2D eigenvalue weighted by Gasteiger charge is 2.33. The smallest absolute Gasteiger partial charge is 0.305 e. The normalized spacial score (nSPS) is 24.7. The summed E-state index contributed by atoms with van der Waals surface area (Å²) in [7, 11) is 0. The lowest BCUT2D eigenvalue weighted by Gasteiger charge is -2.40. The van der Waals surface area contributed by atoms with Gasteiger partial charge in [0, 0.05) is 43.8 Å².